The van der Waals surface area contributed by atoms with Crippen LogP contribution < -0.4 is 5.32 Å². The first-order valence-electron chi connectivity index (χ1n) is 6.57. The molecule has 3 aromatic rings. The van der Waals surface area contributed by atoms with Gasteiger partial charge in [-0.2, -0.15) is 0 Å². The van der Waals surface area contributed by atoms with Crippen LogP contribution in [0.1, 0.15) is 16.2 Å². The van der Waals surface area contributed by atoms with Gasteiger partial charge >= 0.3 is 0 Å². The second-order valence-electron chi connectivity index (χ2n) is 4.95. The van der Waals surface area contributed by atoms with Crippen molar-refractivity contribution in [2.45, 2.75) is 6.92 Å². The number of hydrogen-bond acceptors (Lipinski definition) is 2. The molecule has 0 unspecified atom stereocenters. The molecule has 9 heteroatoms. The zero-order chi connectivity index (χ0) is 17.6. The number of halogens is 5. The van der Waals surface area contributed by atoms with E-state index in [4.69, 9.17) is 58.0 Å². The van der Waals surface area contributed by atoms with E-state index in [1.807, 2.05) is 0 Å². The molecular formula is C15H8Cl5N3O. The van der Waals surface area contributed by atoms with Gasteiger partial charge in [-0.15, -0.1) is 0 Å². The Morgan fingerprint density at radius 3 is 2.38 bits per heavy atom. The minimum atomic E-state index is -0.432. The average molecular weight is 424 g/mol. The summed E-state index contributed by atoms with van der Waals surface area (Å²) in [6.45, 7) is 1.70. The van der Waals surface area contributed by atoms with E-state index in [1.165, 1.54) is 16.5 Å². The van der Waals surface area contributed by atoms with Crippen molar-refractivity contribution in [1.29, 1.82) is 0 Å². The van der Waals surface area contributed by atoms with Gasteiger partial charge in [-0.1, -0.05) is 58.0 Å². The number of aryl methyl sites for hydroxylation is 1. The van der Waals surface area contributed by atoms with Crippen LogP contribution in [0.15, 0.2) is 24.4 Å². The van der Waals surface area contributed by atoms with Crippen molar-refractivity contribution in [2.24, 2.45) is 0 Å². The number of rotatable bonds is 2. The lowest BCUT2D eigenvalue weighted by molar-refractivity contribution is 0.102. The highest BCUT2D eigenvalue weighted by molar-refractivity contribution is 6.44. The summed E-state index contributed by atoms with van der Waals surface area (Å²) in [6, 6.07) is 4.49. The minimum Gasteiger partial charge on any atom is -0.319 e. The van der Waals surface area contributed by atoms with E-state index in [-0.39, 0.29) is 15.7 Å². The Labute approximate surface area is 162 Å². The molecule has 124 valence electrons. The van der Waals surface area contributed by atoms with Gasteiger partial charge in [0.2, 0.25) is 0 Å². The van der Waals surface area contributed by atoms with E-state index >= 15 is 0 Å². The second kappa shape index (κ2) is 6.62. The van der Waals surface area contributed by atoms with Gasteiger partial charge in [0.1, 0.15) is 5.69 Å². The number of hydrogen-bond donors (Lipinski definition) is 1. The standard InChI is InChI=1S/C15H8Cl5N3O/c1-6-13(23-5-7(16)2-11(20)14(23)21-6)15(24)22-12-4-9(18)8(17)3-10(12)19/h2-5H,1H3,(H,22,24). The maximum Gasteiger partial charge on any atom is 0.274 e. The largest absolute Gasteiger partial charge is 0.319 e. The fourth-order valence-electron chi connectivity index (χ4n) is 2.26. The van der Waals surface area contributed by atoms with Crippen molar-refractivity contribution in [3.05, 3.63) is 60.9 Å². The van der Waals surface area contributed by atoms with E-state index in [9.17, 15) is 4.79 Å². The highest BCUT2D eigenvalue weighted by Gasteiger charge is 2.20. The first-order chi connectivity index (χ1) is 11.3. The number of benzene rings is 1. The summed E-state index contributed by atoms with van der Waals surface area (Å²) < 4.78 is 1.53. The van der Waals surface area contributed by atoms with Crippen LogP contribution in [0.25, 0.3) is 5.65 Å². The van der Waals surface area contributed by atoms with Crippen LogP contribution in [-0.2, 0) is 0 Å². The Morgan fingerprint density at radius 1 is 1.00 bits per heavy atom. The molecule has 0 radical (unpaired) electrons. The maximum atomic E-state index is 12.7. The lowest BCUT2D eigenvalue weighted by atomic mass is 10.2. The van der Waals surface area contributed by atoms with Gasteiger partial charge in [-0.3, -0.25) is 9.20 Å². The summed E-state index contributed by atoms with van der Waals surface area (Å²) >= 11 is 30.1. The van der Waals surface area contributed by atoms with Gasteiger partial charge in [0.25, 0.3) is 5.91 Å². The first-order valence-corrected chi connectivity index (χ1v) is 8.46. The summed E-state index contributed by atoms with van der Waals surface area (Å²) in [5, 5.41) is 4.25. The number of fused-ring (bicyclic) bond motifs is 1. The van der Waals surface area contributed by atoms with E-state index in [1.54, 1.807) is 19.2 Å². The Kier molecular flexibility index (Phi) is 4.87. The molecule has 0 saturated heterocycles. The molecule has 3 rings (SSSR count). The Bertz CT molecular complexity index is 983. The number of pyridine rings is 1. The molecule has 0 fully saturated rings. The summed E-state index contributed by atoms with van der Waals surface area (Å²) in [5.41, 5.74) is 1.55. The summed E-state index contributed by atoms with van der Waals surface area (Å²) in [4.78, 5) is 17.0. The minimum absolute atomic E-state index is 0.264. The molecular weight excluding hydrogens is 415 g/mol. The number of amides is 1. The smallest absolute Gasteiger partial charge is 0.274 e. The van der Waals surface area contributed by atoms with Crippen LogP contribution in [0.2, 0.25) is 25.1 Å². The van der Waals surface area contributed by atoms with Gasteiger partial charge in [0.05, 0.1) is 36.5 Å². The van der Waals surface area contributed by atoms with Gasteiger partial charge in [0.15, 0.2) is 5.65 Å². The summed E-state index contributed by atoms with van der Waals surface area (Å²) in [6.07, 6.45) is 1.56. The maximum absolute atomic E-state index is 12.7. The molecule has 0 spiro atoms. The molecule has 0 atom stereocenters. The number of aromatic nitrogens is 2. The molecule has 2 heterocycles. The van der Waals surface area contributed by atoms with Crippen LogP contribution >= 0.6 is 58.0 Å². The van der Waals surface area contributed by atoms with Crippen LogP contribution in [0.5, 0.6) is 0 Å². The molecule has 0 aliphatic rings. The monoisotopic (exact) mass is 421 g/mol. The Hall–Kier alpha value is -1.17. The van der Waals surface area contributed by atoms with Gasteiger partial charge in [-0.05, 0) is 25.1 Å². The molecule has 24 heavy (non-hydrogen) atoms. The third kappa shape index (κ3) is 3.17. The zero-order valence-corrected chi connectivity index (χ0v) is 15.8. The van der Waals surface area contributed by atoms with E-state index < -0.39 is 5.91 Å². The lowest BCUT2D eigenvalue weighted by Gasteiger charge is -2.09. The lowest BCUT2D eigenvalue weighted by Crippen LogP contribution is -2.16. The molecule has 0 saturated carbocycles. The fourth-order valence-corrected chi connectivity index (χ4v) is 3.37. The Morgan fingerprint density at radius 2 is 1.67 bits per heavy atom. The van der Waals surface area contributed by atoms with Gasteiger partial charge < -0.3 is 5.32 Å². The third-order valence-corrected chi connectivity index (χ3v) is 4.81. The van der Waals surface area contributed by atoms with Crippen molar-refractivity contribution < 1.29 is 4.79 Å². The van der Waals surface area contributed by atoms with Crippen molar-refractivity contribution >= 4 is 75.2 Å². The van der Waals surface area contributed by atoms with Crippen molar-refractivity contribution in [3.8, 4) is 0 Å². The Balaban J connectivity index is 2.07. The molecule has 0 aliphatic carbocycles. The molecule has 0 bridgehead atoms. The number of nitrogens with zero attached hydrogens (tertiary/aromatic N) is 2. The number of carbonyl (C=O) groups is 1. The number of carbonyl (C=O) groups excluding carboxylic acids is 1. The van der Waals surface area contributed by atoms with Crippen LogP contribution in [0.4, 0.5) is 5.69 Å². The predicted octanol–water partition coefficient (Wildman–Crippen LogP) is 6.16. The predicted molar refractivity (Wildman–Crippen MR) is 99.4 cm³/mol. The molecule has 2 aromatic heterocycles. The molecule has 4 nitrogen and oxygen atoms in total. The molecule has 1 aromatic carbocycles. The quantitative estimate of drug-likeness (QED) is 0.502. The highest BCUT2D eigenvalue weighted by atomic mass is 35.5. The van der Waals surface area contributed by atoms with Gasteiger partial charge in [-0.25, -0.2) is 4.98 Å². The summed E-state index contributed by atoms with van der Waals surface area (Å²) in [7, 11) is 0. The van der Waals surface area contributed by atoms with Crippen molar-refractivity contribution in [1.82, 2.24) is 9.38 Å². The highest BCUT2D eigenvalue weighted by Crippen LogP contribution is 2.33. The third-order valence-electron chi connectivity index (χ3n) is 3.29. The second-order valence-corrected chi connectivity index (χ2v) is 7.01. The summed E-state index contributed by atoms with van der Waals surface area (Å²) in [5.74, 6) is -0.432. The van der Waals surface area contributed by atoms with E-state index in [0.717, 1.165) is 0 Å². The average Bonchev–Trinajstić information content (AvgIpc) is 2.81. The number of imidazole rings is 1. The van der Waals surface area contributed by atoms with Crippen molar-refractivity contribution in [3.63, 3.8) is 0 Å². The first kappa shape index (κ1) is 17.6. The normalized spacial score (nSPS) is 11.1. The van der Waals surface area contributed by atoms with Crippen LogP contribution in [0.3, 0.4) is 0 Å². The molecule has 1 amide bonds. The molecule has 1 N–H and O–H groups in total. The number of nitrogens with one attached hydrogen (secondary N) is 1. The molecule has 0 aliphatic heterocycles. The zero-order valence-electron chi connectivity index (χ0n) is 12.0. The van der Waals surface area contributed by atoms with Gasteiger partial charge in [0, 0.05) is 6.20 Å². The van der Waals surface area contributed by atoms with E-state index in [2.05, 4.69) is 10.3 Å². The van der Waals surface area contributed by atoms with Crippen LogP contribution in [0, 0.1) is 6.92 Å². The SMILES string of the molecule is Cc1nc2c(Cl)cc(Cl)cn2c1C(=O)Nc1cc(Cl)c(Cl)cc1Cl. The number of anilines is 1. The van der Waals surface area contributed by atoms with Crippen LogP contribution in [-0.4, -0.2) is 15.3 Å². The fraction of sp³-hybridized carbons (Fsp3) is 0.0667. The van der Waals surface area contributed by atoms with E-state index in [0.29, 0.717) is 32.1 Å². The topological polar surface area (TPSA) is 46.4 Å². The van der Waals surface area contributed by atoms with Crippen molar-refractivity contribution in [2.75, 3.05) is 5.32 Å².